The fraction of sp³-hybridized carbons (Fsp3) is 0.526. The molecule has 1 atom stereocenters. The first-order chi connectivity index (χ1) is 13.8. The molecule has 0 spiro atoms. The van der Waals surface area contributed by atoms with Gasteiger partial charge in [0.25, 0.3) is 0 Å². The number of carbonyl (C=O) groups is 1. The first-order valence-electron chi connectivity index (χ1n) is 9.73. The van der Waals surface area contributed by atoms with Crippen LogP contribution in [0.1, 0.15) is 35.6 Å². The summed E-state index contributed by atoms with van der Waals surface area (Å²) in [5, 5.41) is 13.0. The van der Waals surface area contributed by atoms with Crippen LogP contribution in [0.3, 0.4) is 0 Å². The number of rotatable bonds is 8. The van der Waals surface area contributed by atoms with E-state index in [2.05, 4.69) is 40.0 Å². The molecule has 0 unspecified atom stereocenters. The van der Waals surface area contributed by atoms with E-state index in [1.165, 1.54) is 23.8 Å². The lowest BCUT2D eigenvalue weighted by Crippen LogP contribution is -2.44. The summed E-state index contributed by atoms with van der Waals surface area (Å²) in [6, 6.07) is 7.40. The zero-order chi connectivity index (χ0) is 20.9. The second-order valence-corrected chi connectivity index (χ2v) is 11.3. The minimum absolute atomic E-state index is 0.145. The van der Waals surface area contributed by atoms with Gasteiger partial charge in [0.05, 0.1) is 6.04 Å². The van der Waals surface area contributed by atoms with Crippen molar-refractivity contribution < 1.29 is 13.2 Å². The van der Waals surface area contributed by atoms with Gasteiger partial charge in [-0.3, -0.25) is 4.90 Å². The lowest BCUT2D eigenvalue weighted by Gasteiger charge is -2.36. The molecule has 7 nitrogen and oxygen atoms in total. The quantitative estimate of drug-likeness (QED) is 0.568. The highest BCUT2D eigenvalue weighted by atomic mass is 32.2. The highest BCUT2D eigenvalue weighted by Gasteiger charge is 2.25. The van der Waals surface area contributed by atoms with E-state index in [-0.39, 0.29) is 16.3 Å². The normalized spacial score (nSPS) is 17.2. The number of nitrogens with two attached hydrogens (primary N) is 1. The molecule has 4 N–H and O–H groups in total. The Morgan fingerprint density at radius 1 is 1.28 bits per heavy atom. The molecule has 0 bridgehead atoms. The second kappa shape index (κ2) is 10.0. The summed E-state index contributed by atoms with van der Waals surface area (Å²) in [4.78, 5) is 16.9. The van der Waals surface area contributed by atoms with Crippen molar-refractivity contribution in [3.8, 4) is 0 Å². The number of piperidine rings is 1. The molecule has 0 aromatic carbocycles. The van der Waals surface area contributed by atoms with Crippen LogP contribution in [-0.2, 0) is 16.4 Å². The number of nitrogens with one attached hydrogen (secondary N) is 2. The van der Waals surface area contributed by atoms with Crippen molar-refractivity contribution in [3.63, 3.8) is 0 Å². The molecular weight excluding hydrogens is 428 g/mol. The van der Waals surface area contributed by atoms with Crippen LogP contribution >= 0.6 is 22.7 Å². The minimum Gasteiger partial charge on any atom is -0.338 e. The Kier molecular flexibility index (Phi) is 7.69. The smallest absolute Gasteiger partial charge is 0.314 e. The van der Waals surface area contributed by atoms with Gasteiger partial charge in [-0.25, -0.2) is 18.4 Å². The summed E-state index contributed by atoms with van der Waals surface area (Å²) in [5.74, 6) is 0.763. The maximum Gasteiger partial charge on any atom is 0.314 e. The van der Waals surface area contributed by atoms with Crippen molar-refractivity contribution in [1.29, 1.82) is 0 Å². The monoisotopic (exact) mass is 456 g/mol. The van der Waals surface area contributed by atoms with Gasteiger partial charge in [-0.15, -0.1) is 22.7 Å². The van der Waals surface area contributed by atoms with Gasteiger partial charge in [0.15, 0.2) is 0 Å². The molecule has 29 heavy (non-hydrogen) atoms. The third-order valence-electron chi connectivity index (χ3n) is 5.16. The molecule has 0 radical (unpaired) electrons. The first kappa shape index (κ1) is 22.2. The maximum atomic E-state index is 12.3. The first-order valence-corrected chi connectivity index (χ1v) is 13.0. The Balaban J connectivity index is 1.47. The highest BCUT2D eigenvalue weighted by Crippen LogP contribution is 2.29. The van der Waals surface area contributed by atoms with Gasteiger partial charge in [-0.2, -0.15) is 0 Å². The van der Waals surface area contributed by atoms with Crippen molar-refractivity contribution in [3.05, 3.63) is 39.4 Å². The van der Waals surface area contributed by atoms with Gasteiger partial charge in [0.1, 0.15) is 4.21 Å². The molecule has 10 heteroatoms. The predicted molar refractivity (Wildman–Crippen MR) is 118 cm³/mol. The molecule has 0 aliphatic carbocycles. The van der Waals surface area contributed by atoms with Gasteiger partial charge in [-0.05, 0) is 61.8 Å². The topological polar surface area (TPSA) is 105 Å². The fourth-order valence-electron chi connectivity index (χ4n) is 3.43. The standard InChI is InChI=1S/C19H28N4O3S3/c1-14-7-10-23(11-8-14)16(17-3-2-12-27-17)13-22-19(24)21-9-6-15-4-5-18(28-15)29(20,25)26/h2-5,12,14,16H,6-11,13H2,1H3,(H2,20,25,26)(H2,21,22,24)/t16-/m1/s1. The van der Waals surface area contributed by atoms with Crippen LogP contribution in [0.2, 0.25) is 0 Å². The third-order valence-corrected chi connectivity index (χ3v) is 8.72. The van der Waals surface area contributed by atoms with Crippen LogP contribution in [0.25, 0.3) is 0 Å². The molecule has 3 heterocycles. The molecule has 0 saturated carbocycles. The molecule has 1 saturated heterocycles. The van der Waals surface area contributed by atoms with E-state index in [9.17, 15) is 13.2 Å². The molecular formula is C19H28N4O3S3. The van der Waals surface area contributed by atoms with Crippen molar-refractivity contribution in [2.24, 2.45) is 11.1 Å². The summed E-state index contributed by atoms with van der Waals surface area (Å²) in [7, 11) is -3.66. The second-order valence-electron chi connectivity index (χ2n) is 7.40. The number of urea groups is 1. The van der Waals surface area contributed by atoms with E-state index in [1.807, 2.05) is 0 Å². The molecule has 2 amide bonds. The average molecular weight is 457 g/mol. The van der Waals surface area contributed by atoms with E-state index in [4.69, 9.17) is 5.14 Å². The van der Waals surface area contributed by atoms with E-state index in [0.29, 0.717) is 19.5 Å². The predicted octanol–water partition coefficient (Wildman–Crippen LogP) is 2.77. The largest absolute Gasteiger partial charge is 0.338 e. The molecule has 3 rings (SSSR count). The Labute approximate surface area is 180 Å². The average Bonchev–Trinajstić information content (AvgIpc) is 3.35. The molecule has 2 aromatic heterocycles. The Morgan fingerprint density at radius 2 is 2.03 bits per heavy atom. The van der Waals surface area contributed by atoms with Gasteiger partial charge in [-0.1, -0.05) is 13.0 Å². The van der Waals surface area contributed by atoms with Crippen LogP contribution in [0.15, 0.2) is 33.9 Å². The van der Waals surface area contributed by atoms with Gasteiger partial charge in [0.2, 0.25) is 10.0 Å². The molecule has 1 aliphatic rings. The Morgan fingerprint density at radius 3 is 2.66 bits per heavy atom. The number of primary sulfonamides is 1. The number of carbonyl (C=O) groups excluding carboxylic acids is 1. The van der Waals surface area contributed by atoms with Crippen LogP contribution in [0.5, 0.6) is 0 Å². The van der Waals surface area contributed by atoms with Crippen molar-refractivity contribution in [1.82, 2.24) is 15.5 Å². The van der Waals surface area contributed by atoms with Gasteiger partial charge >= 0.3 is 6.03 Å². The summed E-state index contributed by atoms with van der Waals surface area (Å²) >= 11 is 2.86. The number of sulfonamides is 1. The summed E-state index contributed by atoms with van der Waals surface area (Å²) in [5.41, 5.74) is 0. The van der Waals surface area contributed by atoms with Gasteiger partial charge in [0, 0.05) is 22.8 Å². The lowest BCUT2D eigenvalue weighted by atomic mass is 9.97. The summed E-state index contributed by atoms with van der Waals surface area (Å²) in [6.07, 6.45) is 2.94. The van der Waals surface area contributed by atoms with E-state index in [0.717, 1.165) is 35.2 Å². The van der Waals surface area contributed by atoms with Crippen molar-refractivity contribution in [2.75, 3.05) is 26.2 Å². The molecule has 1 aliphatic heterocycles. The molecule has 1 fully saturated rings. The summed E-state index contributed by atoms with van der Waals surface area (Å²) < 4.78 is 22.8. The van der Waals surface area contributed by atoms with Crippen LogP contribution < -0.4 is 15.8 Å². The highest BCUT2D eigenvalue weighted by molar-refractivity contribution is 7.91. The number of amides is 2. The summed E-state index contributed by atoms with van der Waals surface area (Å²) in [6.45, 7) is 5.40. The number of hydrogen-bond donors (Lipinski definition) is 3. The Hall–Kier alpha value is -1.46. The lowest BCUT2D eigenvalue weighted by molar-refractivity contribution is 0.138. The number of hydrogen-bond acceptors (Lipinski definition) is 6. The zero-order valence-electron chi connectivity index (χ0n) is 16.5. The van der Waals surface area contributed by atoms with E-state index in [1.54, 1.807) is 17.4 Å². The van der Waals surface area contributed by atoms with E-state index >= 15 is 0 Å². The number of nitrogens with zero attached hydrogens (tertiary/aromatic N) is 1. The number of thiophene rings is 2. The van der Waals surface area contributed by atoms with Crippen LogP contribution in [-0.4, -0.2) is 45.5 Å². The van der Waals surface area contributed by atoms with E-state index < -0.39 is 10.0 Å². The van der Waals surface area contributed by atoms with Crippen LogP contribution in [0.4, 0.5) is 4.79 Å². The van der Waals surface area contributed by atoms with Crippen molar-refractivity contribution >= 4 is 38.7 Å². The zero-order valence-corrected chi connectivity index (χ0v) is 18.9. The van der Waals surface area contributed by atoms with Crippen LogP contribution in [0, 0.1) is 5.92 Å². The molecule has 2 aromatic rings. The van der Waals surface area contributed by atoms with Gasteiger partial charge < -0.3 is 10.6 Å². The third kappa shape index (κ3) is 6.51. The fourth-order valence-corrected chi connectivity index (χ4v) is 6.07. The SMILES string of the molecule is CC1CCN([C@H](CNC(=O)NCCc2ccc(S(N)(=O)=O)s2)c2cccs2)CC1. The number of likely N-dealkylation sites (tertiary alicyclic amines) is 1. The van der Waals surface area contributed by atoms with Crippen molar-refractivity contribution in [2.45, 2.75) is 36.4 Å². The minimum atomic E-state index is -3.66. The maximum absolute atomic E-state index is 12.3. The Bertz CT molecular complexity index is 888. The molecule has 160 valence electrons.